The Morgan fingerprint density at radius 1 is 1.07 bits per heavy atom. The summed E-state index contributed by atoms with van der Waals surface area (Å²) >= 11 is 0. The molecule has 1 heteroatoms. The molecule has 1 saturated carbocycles. The quantitative estimate of drug-likeness (QED) is 0.624. The summed E-state index contributed by atoms with van der Waals surface area (Å²) in [7, 11) is 0. The van der Waals surface area contributed by atoms with Gasteiger partial charge in [-0.2, -0.15) is 0 Å². The van der Waals surface area contributed by atoms with Crippen LogP contribution in [0.1, 0.15) is 71.6 Å². The minimum atomic E-state index is 0.756. The number of rotatable bonds is 7. The average molecular weight is 211 g/mol. The molecule has 1 rings (SSSR count). The molecule has 0 aromatic rings. The third kappa shape index (κ3) is 5.55. The Bertz CT molecular complexity index is 138. The summed E-state index contributed by atoms with van der Waals surface area (Å²) < 4.78 is 0. The van der Waals surface area contributed by atoms with E-state index in [0.717, 1.165) is 12.0 Å². The lowest BCUT2D eigenvalue weighted by atomic mass is 9.84. The molecule has 0 amide bonds. The summed E-state index contributed by atoms with van der Waals surface area (Å²) in [6, 6.07) is 0.756. The highest BCUT2D eigenvalue weighted by Crippen LogP contribution is 2.26. The Kier molecular flexibility index (Phi) is 7.08. The van der Waals surface area contributed by atoms with Crippen LogP contribution in [0, 0.1) is 5.92 Å². The molecule has 0 saturated heterocycles. The molecule has 0 radical (unpaired) electrons. The van der Waals surface area contributed by atoms with Crippen LogP contribution in [0.3, 0.4) is 0 Å². The van der Waals surface area contributed by atoms with E-state index < -0.39 is 0 Å². The maximum atomic E-state index is 3.71. The van der Waals surface area contributed by atoms with Crippen molar-refractivity contribution in [3.05, 3.63) is 0 Å². The van der Waals surface area contributed by atoms with E-state index in [1.165, 1.54) is 64.3 Å². The number of hydrogen-bond acceptors (Lipinski definition) is 1. The zero-order chi connectivity index (χ0) is 10.9. The molecule has 90 valence electrons. The van der Waals surface area contributed by atoms with Gasteiger partial charge in [0, 0.05) is 6.04 Å². The SMILES string of the molecule is CCCCCCN[C@@H](C)C1CCCCC1. The molecule has 0 heterocycles. The Hall–Kier alpha value is -0.0400. The first kappa shape index (κ1) is 13.0. The van der Waals surface area contributed by atoms with E-state index in [1.807, 2.05) is 0 Å². The van der Waals surface area contributed by atoms with Crippen LogP contribution in [0.5, 0.6) is 0 Å². The fourth-order valence-electron chi connectivity index (χ4n) is 2.68. The summed E-state index contributed by atoms with van der Waals surface area (Å²) in [5.74, 6) is 0.963. The molecule has 0 aromatic carbocycles. The smallest absolute Gasteiger partial charge is 0.00669 e. The first-order valence-corrected chi connectivity index (χ1v) is 7.08. The van der Waals surface area contributed by atoms with Crippen molar-refractivity contribution in [2.45, 2.75) is 77.7 Å². The van der Waals surface area contributed by atoms with Crippen molar-refractivity contribution in [2.24, 2.45) is 5.92 Å². The maximum Gasteiger partial charge on any atom is 0.00669 e. The third-order valence-electron chi connectivity index (χ3n) is 3.85. The second kappa shape index (κ2) is 8.15. The molecule has 15 heavy (non-hydrogen) atoms. The minimum Gasteiger partial charge on any atom is -0.314 e. The lowest BCUT2D eigenvalue weighted by Crippen LogP contribution is -2.35. The lowest BCUT2D eigenvalue weighted by molar-refractivity contribution is 0.281. The van der Waals surface area contributed by atoms with Crippen LogP contribution >= 0.6 is 0 Å². The van der Waals surface area contributed by atoms with E-state index in [4.69, 9.17) is 0 Å². The van der Waals surface area contributed by atoms with Crippen LogP contribution < -0.4 is 5.32 Å². The maximum absolute atomic E-state index is 3.71. The Morgan fingerprint density at radius 2 is 1.80 bits per heavy atom. The van der Waals surface area contributed by atoms with Gasteiger partial charge in [-0.1, -0.05) is 45.4 Å². The number of unbranched alkanes of at least 4 members (excludes halogenated alkanes) is 3. The van der Waals surface area contributed by atoms with E-state index >= 15 is 0 Å². The second-order valence-electron chi connectivity index (χ2n) is 5.20. The summed E-state index contributed by atoms with van der Waals surface area (Å²) in [5, 5.41) is 3.71. The average Bonchev–Trinajstić information content (AvgIpc) is 2.30. The molecule has 1 atom stereocenters. The van der Waals surface area contributed by atoms with Crippen molar-refractivity contribution >= 4 is 0 Å². The van der Waals surface area contributed by atoms with Gasteiger partial charge in [0.2, 0.25) is 0 Å². The molecule has 0 aromatic heterocycles. The zero-order valence-electron chi connectivity index (χ0n) is 10.7. The highest BCUT2D eigenvalue weighted by atomic mass is 14.9. The lowest BCUT2D eigenvalue weighted by Gasteiger charge is -2.28. The molecule has 0 spiro atoms. The van der Waals surface area contributed by atoms with Crippen LogP contribution in [0.4, 0.5) is 0 Å². The van der Waals surface area contributed by atoms with Crippen LogP contribution in [0.2, 0.25) is 0 Å². The molecule has 1 N–H and O–H groups in total. The second-order valence-corrected chi connectivity index (χ2v) is 5.20. The first-order valence-electron chi connectivity index (χ1n) is 7.08. The Morgan fingerprint density at radius 3 is 2.47 bits per heavy atom. The third-order valence-corrected chi connectivity index (χ3v) is 3.85. The van der Waals surface area contributed by atoms with Gasteiger partial charge in [-0.3, -0.25) is 0 Å². The van der Waals surface area contributed by atoms with Crippen LogP contribution in [0.15, 0.2) is 0 Å². The minimum absolute atomic E-state index is 0.756. The number of hydrogen-bond donors (Lipinski definition) is 1. The van der Waals surface area contributed by atoms with Gasteiger partial charge in [0.05, 0.1) is 0 Å². The van der Waals surface area contributed by atoms with Gasteiger partial charge in [0.15, 0.2) is 0 Å². The van der Waals surface area contributed by atoms with Crippen molar-refractivity contribution in [3.8, 4) is 0 Å². The summed E-state index contributed by atoms with van der Waals surface area (Å²) in [5.41, 5.74) is 0. The topological polar surface area (TPSA) is 12.0 Å². The van der Waals surface area contributed by atoms with Gasteiger partial charge in [0.25, 0.3) is 0 Å². The van der Waals surface area contributed by atoms with Gasteiger partial charge >= 0.3 is 0 Å². The monoisotopic (exact) mass is 211 g/mol. The largest absolute Gasteiger partial charge is 0.314 e. The van der Waals surface area contributed by atoms with Crippen molar-refractivity contribution in [2.75, 3.05) is 6.54 Å². The standard InChI is InChI=1S/C14H29N/c1-3-4-5-9-12-15-13(2)14-10-7-6-8-11-14/h13-15H,3-12H2,1-2H3/t13-/m0/s1. The molecule has 0 aliphatic heterocycles. The van der Waals surface area contributed by atoms with E-state index in [1.54, 1.807) is 0 Å². The first-order chi connectivity index (χ1) is 7.34. The van der Waals surface area contributed by atoms with E-state index in [-0.39, 0.29) is 0 Å². The Labute approximate surface area is 96.0 Å². The molecule has 1 aliphatic carbocycles. The van der Waals surface area contributed by atoms with Gasteiger partial charge in [-0.15, -0.1) is 0 Å². The van der Waals surface area contributed by atoms with Crippen LogP contribution in [0.25, 0.3) is 0 Å². The van der Waals surface area contributed by atoms with E-state index in [0.29, 0.717) is 0 Å². The normalized spacial score (nSPS) is 20.4. The molecule has 1 fully saturated rings. The van der Waals surface area contributed by atoms with Gasteiger partial charge in [0.1, 0.15) is 0 Å². The molecule has 1 aliphatic rings. The van der Waals surface area contributed by atoms with Crippen molar-refractivity contribution in [1.82, 2.24) is 5.32 Å². The summed E-state index contributed by atoms with van der Waals surface area (Å²) in [6.45, 7) is 5.89. The van der Waals surface area contributed by atoms with Gasteiger partial charge < -0.3 is 5.32 Å². The highest BCUT2D eigenvalue weighted by molar-refractivity contribution is 4.75. The summed E-state index contributed by atoms with van der Waals surface area (Å²) in [6.07, 6.45) is 12.8. The molecular formula is C14H29N. The Balaban J connectivity index is 1.99. The van der Waals surface area contributed by atoms with Crippen LogP contribution in [-0.4, -0.2) is 12.6 Å². The van der Waals surface area contributed by atoms with Crippen LogP contribution in [-0.2, 0) is 0 Å². The highest BCUT2D eigenvalue weighted by Gasteiger charge is 2.18. The van der Waals surface area contributed by atoms with Crippen molar-refractivity contribution < 1.29 is 0 Å². The fourth-order valence-corrected chi connectivity index (χ4v) is 2.68. The van der Waals surface area contributed by atoms with Crippen molar-refractivity contribution in [3.63, 3.8) is 0 Å². The van der Waals surface area contributed by atoms with Gasteiger partial charge in [-0.25, -0.2) is 0 Å². The fraction of sp³-hybridized carbons (Fsp3) is 1.00. The predicted octanol–water partition coefficient (Wildman–Crippen LogP) is 4.13. The zero-order valence-corrected chi connectivity index (χ0v) is 10.7. The van der Waals surface area contributed by atoms with E-state index in [2.05, 4.69) is 19.2 Å². The van der Waals surface area contributed by atoms with Gasteiger partial charge in [-0.05, 0) is 38.6 Å². The van der Waals surface area contributed by atoms with Crippen molar-refractivity contribution in [1.29, 1.82) is 0 Å². The molecular weight excluding hydrogens is 182 g/mol. The molecule has 0 bridgehead atoms. The summed E-state index contributed by atoms with van der Waals surface area (Å²) in [4.78, 5) is 0. The molecule has 0 unspecified atom stereocenters. The number of nitrogens with one attached hydrogen (secondary N) is 1. The van der Waals surface area contributed by atoms with E-state index in [9.17, 15) is 0 Å². The molecule has 1 nitrogen and oxygen atoms in total. The predicted molar refractivity (Wildman–Crippen MR) is 68.2 cm³/mol.